The summed E-state index contributed by atoms with van der Waals surface area (Å²) < 4.78 is 0.462. The molecule has 0 aliphatic carbocycles. The van der Waals surface area contributed by atoms with Crippen molar-refractivity contribution in [1.82, 2.24) is 15.2 Å². The summed E-state index contributed by atoms with van der Waals surface area (Å²) >= 11 is 6.73. The number of aromatic nitrogens is 1. The van der Waals surface area contributed by atoms with Crippen molar-refractivity contribution in [2.45, 2.75) is 11.4 Å². The molecular formula is C16H15BrN5NaO6S3. The maximum absolute atomic E-state index is 12.8. The third-order valence-corrected chi connectivity index (χ3v) is 8.00. The Morgan fingerprint density at radius 2 is 2.28 bits per heavy atom. The van der Waals surface area contributed by atoms with Crippen LogP contribution in [0.2, 0.25) is 0 Å². The van der Waals surface area contributed by atoms with Crippen LogP contribution in [0, 0.1) is 0 Å². The molecule has 2 aliphatic heterocycles. The fraction of sp³-hybridized carbons (Fsp3) is 0.312. The van der Waals surface area contributed by atoms with E-state index < -0.39 is 29.2 Å². The molecule has 16 heteroatoms. The van der Waals surface area contributed by atoms with Gasteiger partial charge < -0.3 is 30.9 Å². The van der Waals surface area contributed by atoms with Crippen molar-refractivity contribution in [3.8, 4) is 0 Å². The Bertz CT molecular complexity index is 1020. The molecule has 2 amide bonds. The number of β-lactam (4-membered cyclic amide) rings is 1. The van der Waals surface area contributed by atoms with Gasteiger partial charge in [0.2, 0.25) is 0 Å². The summed E-state index contributed by atoms with van der Waals surface area (Å²) in [4.78, 5) is 47.4. The van der Waals surface area contributed by atoms with Crippen LogP contribution < -0.4 is 45.7 Å². The van der Waals surface area contributed by atoms with Crippen molar-refractivity contribution in [3.05, 3.63) is 31.6 Å². The van der Waals surface area contributed by atoms with E-state index in [1.165, 1.54) is 30.4 Å². The number of anilines is 1. The Morgan fingerprint density at radius 3 is 2.84 bits per heavy atom. The Labute approximate surface area is 225 Å². The number of thioether (sulfide) groups is 2. The monoisotopic (exact) mass is 571 g/mol. The molecule has 0 radical (unpaired) electrons. The maximum atomic E-state index is 12.8. The molecule has 0 saturated carbocycles. The summed E-state index contributed by atoms with van der Waals surface area (Å²) in [6.07, 6.45) is 1.45. The normalized spacial score (nSPS) is 20.5. The van der Waals surface area contributed by atoms with Gasteiger partial charge in [0, 0.05) is 10.7 Å². The molecular weight excluding hydrogens is 557 g/mol. The number of fused-ring (bicyclic) bond motifs is 1. The zero-order valence-electron chi connectivity index (χ0n) is 16.7. The second kappa shape index (κ2) is 11.9. The van der Waals surface area contributed by atoms with Crippen LogP contribution in [-0.2, 0) is 19.2 Å². The third-order valence-electron chi connectivity index (χ3n) is 4.05. The molecule has 1 aromatic rings. The van der Waals surface area contributed by atoms with Gasteiger partial charge in [0.1, 0.15) is 28.0 Å². The van der Waals surface area contributed by atoms with Crippen molar-refractivity contribution in [2.24, 2.45) is 5.16 Å². The standard InChI is InChI=1S/C16H16BrN5O6S3.Na/c1-28-21-8(7-11(17)31-16(18)20-7)12(24)19-9-13(25)22-10(15(26)27)6(5-30-14(9)22)29-4-2-3-23;/h2,4,9,14,23H,3,5H2,1H3,(H2,18,20)(H,19,24)(H,26,27);/q;+1/p-1/b4-2-,21-8-;/t9?,14-;/m1./s1. The van der Waals surface area contributed by atoms with E-state index in [2.05, 4.69) is 31.4 Å². The number of carbonyl (C=O) groups is 3. The Hall–Kier alpha value is -1.07. The quantitative estimate of drug-likeness (QED) is 0.123. The molecule has 0 spiro atoms. The molecule has 2 atom stereocenters. The van der Waals surface area contributed by atoms with Crippen LogP contribution in [0.3, 0.4) is 0 Å². The van der Waals surface area contributed by atoms with Gasteiger partial charge >= 0.3 is 29.6 Å². The topological polar surface area (TPSA) is 170 Å². The zero-order chi connectivity index (χ0) is 22.7. The van der Waals surface area contributed by atoms with Crippen LogP contribution in [0.25, 0.3) is 0 Å². The number of nitrogens with two attached hydrogens (primary N) is 1. The van der Waals surface area contributed by atoms with Crippen molar-refractivity contribution in [2.75, 3.05) is 25.2 Å². The molecule has 11 nitrogen and oxygen atoms in total. The van der Waals surface area contributed by atoms with Crippen LogP contribution >= 0.6 is 50.8 Å². The predicted octanol–water partition coefficient (Wildman–Crippen LogP) is -3.56. The van der Waals surface area contributed by atoms with E-state index in [-0.39, 0.29) is 64.2 Å². The predicted molar refractivity (Wildman–Crippen MR) is 119 cm³/mol. The molecule has 3 heterocycles. The molecule has 32 heavy (non-hydrogen) atoms. The molecule has 166 valence electrons. The Kier molecular flexibility index (Phi) is 10.1. The van der Waals surface area contributed by atoms with Gasteiger partial charge in [-0.15, -0.1) is 11.8 Å². The third kappa shape index (κ3) is 5.52. The number of oxime groups is 1. The number of hydrogen-bond donors (Lipinski definition) is 3. The number of aliphatic carboxylic acids is 1. The number of amides is 2. The van der Waals surface area contributed by atoms with Gasteiger partial charge in [0.15, 0.2) is 10.8 Å². The van der Waals surface area contributed by atoms with Gasteiger partial charge in [-0.05, 0) is 21.3 Å². The van der Waals surface area contributed by atoms with Crippen LogP contribution in [-0.4, -0.2) is 69.4 Å². The average Bonchev–Trinajstić information content (AvgIpc) is 3.06. The minimum absolute atomic E-state index is 0. The van der Waals surface area contributed by atoms with Crippen LogP contribution in [0.1, 0.15) is 5.69 Å². The fourth-order valence-electron chi connectivity index (χ4n) is 2.80. The van der Waals surface area contributed by atoms with E-state index in [4.69, 9.17) is 15.7 Å². The molecule has 1 saturated heterocycles. The fourth-order valence-corrected chi connectivity index (χ4v) is 6.44. The SMILES string of the molecule is CO/N=C(\C(=O)NC1C(=O)N2C(C(=O)[O-])=C(S/C=C\CO)CS[C@H]12)c1nc(N)sc1Br.[Na+]. The average molecular weight is 572 g/mol. The van der Waals surface area contributed by atoms with E-state index >= 15 is 0 Å². The Morgan fingerprint density at radius 1 is 1.56 bits per heavy atom. The second-order valence-corrected chi connectivity index (χ2v) is 10.3. The van der Waals surface area contributed by atoms with Gasteiger partial charge in [0.05, 0.1) is 18.3 Å². The minimum atomic E-state index is -1.49. The molecule has 1 aromatic heterocycles. The first-order chi connectivity index (χ1) is 14.8. The second-order valence-electron chi connectivity index (χ2n) is 5.89. The van der Waals surface area contributed by atoms with Crippen LogP contribution in [0.5, 0.6) is 0 Å². The number of nitrogens with zero attached hydrogens (tertiary/aromatic N) is 3. The van der Waals surface area contributed by atoms with E-state index in [9.17, 15) is 19.5 Å². The molecule has 2 aliphatic rings. The molecule has 3 rings (SSSR count). The van der Waals surface area contributed by atoms with Crippen LogP contribution in [0.15, 0.2) is 31.0 Å². The van der Waals surface area contributed by atoms with E-state index in [1.54, 1.807) is 0 Å². The van der Waals surface area contributed by atoms with Gasteiger partial charge in [0.25, 0.3) is 11.8 Å². The number of rotatable bonds is 8. The van der Waals surface area contributed by atoms with Crippen molar-refractivity contribution >= 4 is 79.4 Å². The number of carbonyl (C=O) groups excluding carboxylic acids is 3. The summed E-state index contributed by atoms with van der Waals surface area (Å²) in [5, 5.41) is 27.9. The summed E-state index contributed by atoms with van der Waals surface area (Å²) in [7, 11) is 1.26. The number of thiazole rings is 1. The number of nitrogen functional groups attached to an aromatic ring is 1. The van der Waals surface area contributed by atoms with Gasteiger partial charge in [-0.1, -0.05) is 34.3 Å². The minimum Gasteiger partial charge on any atom is -0.543 e. The van der Waals surface area contributed by atoms with E-state index in [0.717, 1.165) is 28.0 Å². The molecule has 1 fully saturated rings. The number of carboxylic acids is 1. The van der Waals surface area contributed by atoms with E-state index in [0.29, 0.717) is 8.69 Å². The number of aliphatic hydroxyl groups excluding tert-OH is 1. The first kappa shape index (κ1) is 27.2. The maximum Gasteiger partial charge on any atom is 1.00 e. The molecule has 1 unspecified atom stereocenters. The molecule has 0 bridgehead atoms. The van der Waals surface area contributed by atoms with Gasteiger partial charge in [-0.25, -0.2) is 4.98 Å². The Balaban J connectivity index is 0.00000363. The summed E-state index contributed by atoms with van der Waals surface area (Å²) in [5.74, 6) is -2.52. The van der Waals surface area contributed by atoms with E-state index in [1.807, 2.05) is 0 Å². The van der Waals surface area contributed by atoms with Crippen LogP contribution in [0.4, 0.5) is 5.13 Å². The number of hydrogen-bond acceptors (Lipinski definition) is 12. The zero-order valence-corrected chi connectivity index (χ0v) is 22.8. The van der Waals surface area contributed by atoms with Gasteiger partial charge in [-0.3, -0.25) is 14.5 Å². The largest absolute Gasteiger partial charge is 1.00 e. The summed E-state index contributed by atoms with van der Waals surface area (Å²) in [6.45, 7) is -0.195. The number of nitrogens with one attached hydrogen (secondary N) is 1. The smallest absolute Gasteiger partial charge is 0.543 e. The summed E-state index contributed by atoms with van der Waals surface area (Å²) in [6, 6.07) is -0.969. The number of halogens is 1. The van der Waals surface area contributed by atoms with Crippen molar-refractivity contribution in [1.29, 1.82) is 0 Å². The van der Waals surface area contributed by atoms with Crippen molar-refractivity contribution in [3.63, 3.8) is 0 Å². The number of aliphatic hydroxyl groups is 1. The summed E-state index contributed by atoms with van der Waals surface area (Å²) in [5.41, 5.74) is 5.39. The first-order valence-electron chi connectivity index (χ1n) is 8.46. The molecule has 4 N–H and O–H groups in total. The number of carboxylic acid groups (broad SMARTS) is 1. The molecule has 0 aromatic carbocycles. The van der Waals surface area contributed by atoms with Crippen molar-refractivity contribution < 1.29 is 59.0 Å². The first-order valence-corrected chi connectivity index (χ1v) is 12.0. The van der Waals surface area contributed by atoms with Gasteiger partial charge in [-0.2, -0.15) is 0 Å².